The Labute approximate surface area is 122 Å². The number of rotatable bonds is 6. The predicted molar refractivity (Wildman–Crippen MR) is 81.2 cm³/mol. The van der Waals surface area contributed by atoms with Crippen molar-refractivity contribution in [3.63, 3.8) is 0 Å². The van der Waals surface area contributed by atoms with Gasteiger partial charge in [-0.15, -0.1) is 11.3 Å². The van der Waals surface area contributed by atoms with Gasteiger partial charge < -0.3 is 16.3 Å². The van der Waals surface area contributed by atoms with E-state index < -0.39 is 0 Å². The van der Waals surface area contributed by atoms with Crippen molar-refractivity contribution in [1.82, 2.24) is 10.3 Å². The second kappa shape index (κ2) is 7.02. The van der Waals surface area contributed by atoms with Crippen molar-refractivity contribution in [2.45, 2.75) is 19.9 Å². The van der Waals surface area contributed by atoms with Gasteiger partial charge in [0.2, 0.25) is 0 Å². The highest BCUT2D eigenvalue weighted by Gasteiger charge is 2.00. The van der Waals surface area contributed by atoms with E-state index >= 15 is 0 Å². The quantitative estimate of drug-likeness (QED) is 0.249. The van der Waals surface area contributed by atoms with Crippen LogP contribution < -0.4 is 11.1 Å². The van der Waals surface area contributed by atoms with Crippen LogP contribution in [0.15, 0.2) is 34.8 Å². The van der Waals surface area contributed by atoms with Crippen molar-refractivity contribution < 1.29 is 5.21 Å². The molecule has 1 aromatic heterocycles. The number of aryl methyl sites for hydroxylation is 1. The van der Waals surface area contributed by atoms with Crippen LogP contribution in [0.25, 0.3) is 0 Å². The summed E-state index contributed by atoms with van der Waals surface area (Å²) < 4.78 is 0. The molecule has 1 aromatic carbocycles. The number of oxime groups is 1. The lowest BCUT2D eigenvalue weighted by Crippen LogP contribution is -2.17. The van der Waals surface area contributed by atoms with Gasteiger partial charge in [-0.1, -0.05) is 29.4 Å². The first-order valence-electron chi connectivity index (χ1n) is 6.37. The third-order valence-corrected chi connectivity index (χ3v) is 3.73. The average Bonchev–Trinajstić information content (AvgIpc) is 2.89. The number of amidine groups is 1. The van der Waals surface area contributed by atoms with Gasteiger partial charge in [0.25, 0.3) is 0 Å². The zero-order chi connectivity index (χ0) is 14.4. The zero-order valence-corrected chi connectivity index (χ0v) is 12.2. The molecule has 0 unspecified atom stereocenters. The second-order valence-corrected chi connectivity index (χ2v) is 5.53. The van der Waals surface area contributed by atoms with E-state index in [2.05, 4.69) is 20.8 Å². The van der Waals surface area contributed by atoms with E-state index in [0.717, 1.165) is 35.8 Å². The summed E-state index contributed by atoms with van der Waals surface area (Å²) in [7, 11) is 0. The molecule has 0 atom stereocenters. The molecule has 0 saturated carbocycles. The first kappa shape index (κ1) is 14.5. The van der Waals surface area contributed by atoms with Crippen molar-refractivity contribution in [3.05, 3.63) is 51.5 Å². The second-order valence-electron chi connectivity index (χ2n) is 4.47. The number of nitrogens with two attached hydrogens (primary N) is 1. The Balaban J connectivity index is 1.77. The van der Waals surface area contributed by atoms with Crippen molar-refractivity contribution in [1.29, 1.82) is 0 Å². The molecule has 4 N–H and O–H groups in total. The monoisotopic (exact) mass is 290 g/mol. The summed E-state index contributed by atoms with van der Waals surface area (Å²) in [5.74, 6) is 0.128. The van der Waals surface area contributed by atoms with Crippen LogP contribution >= 0.6 is 11.3 Å². The Morgan fingerprint density at radius 2 is 2.15 bits per heavy atom. The lowest BCUT2D eigenvalue weighted by molar-refractivity contribution is 0.318. The first-order valence-corrected chi connectivity index (χ1v) is 7.25. The molecule has 106 valence electrons. The van der Waals surface area contributed by atoms with Gasteiger partial charge in [-0.25, -0.2) is 4.98 Å². The SMILES string of the molecule is Cc1nc(CCNCc2ccc(/C(N)=N/O)cc2)cs1. The molecule has 5 nitrogen and oxygen atoms in total. The molecule has 0 aliphatic heterocycles. The van der Waals surface area contributed by atoms with Crippen molar-refractivity contribution in [3.8, 4) is 0 Å². The molecule has 0 fully saturated rings. The summed E-state index contributed by atoms with van der Waals surface area (Å²) in [6.45, 7) is 3.70. The first-order chi connectivity index (χ1) is 9.69. The van der Waals surface area contributed by atoms with Crippen LogP contribution in [-0.4, -0.2) is 22.6 Å². The molecule has 0 spiro atoms. The van der Waals surface area contributed by atoms with Crippen LogP contribution in [0, 0.1) is 6.92 Å². The van der Waals surface area contributed by atoms with E-state index in [1.165, 1.54) is 0 Å². The molecule has 20 heavy (non-hydrogen) atoms. The van der Waals surface area contributed by atoms with Crippen LogP contribution in [0.1, 0.15) is 21.8 Å². The normalized spacial score (nSPS) is 11.8. The van der Waals surface area contributed by atoms with Crippen molar-refractivity contribution in [2.24, 2.45) is 10.9 Å². The molecule has 6 heteroatoms. The van der Waals surface area contributed by atoms with Gasteiger partial charge in [0.05, 0.1) is 10.7 Å². The molecular weight excluding hydrogens is 272 g/mol. The summed E-state index contributed by atoms with van der Waals surface area (Å²) in [6.07, 6.45) is 0.937. The topological polar surface area (TPSA) is 83.5 Å². The third kappa shape index (κ3) is 4.04. The van der Waals surface area contributed by atoms with E-state index in [4.69, 9.17) is 10.9 Å². The van der Waals surface area contributed by atoms with Crippen LogP contribution in [0.4, 0.5) is 0 Å². The molecule has 0 aliphatic carbocycles. The molecule has 0 bridgehead atoms. The molecular formula is C14H18N4OS. The molecule has 0 radical (unpaired) electrons. The summed E-state index contributed by atoms with van der Waals surface area (Å²) in [6, 6.07) is 7.62. The highest BCUT2D eigenvalue weighted by Crippen LogP contribution is 2.08. The van der Waals surface area contributed by atoms with Crippen LogP contribution in [0.5, 0.6) is 0 Å². The minimum Gasteiger partial charge on any atom is -0.409 e. The maximum Gasteiger partial charge on any atom is 0.170 e. The highest BCUT2D eigenvalue weighted by molar-refractivity contribution is 7.09. The number of hydrogen-bond donors (Lipinski definition) is 3. The molecule has 0 saturated heterocycles. The summed E-state index contributed by atoms with van der Waals surface area (Å²) >= 11 is 1.68. The number of hydrogen-bond acceptors (Lipinski definition) is 5. The maximum absolute atomic E-state index is 8.59. The smallest absolute Gasteiger partial charge is 0.170 e. The number of nitrogens with zero attached hydrogens (tertiary/aromatic N) is 2. The Bertz CT molecular complexity index is 577. The molecule has 0 aliphatic rings. The molecule has 2 rings (SSSR count). The van der Waals surface area contributed by atoms with Gasteiger partial charge in [0.15, 0.2) is 5.84 Å². The van der Waals surface area contributed by atoms with Gasteiger partial charge in [0, 0.05) is 30.5 Å². The van der Waals surface area contributed by atoms with E-state index in [1.807, 2.05) is 31.2 Å². The molecule has 2 aromatic rings. The Hall–Kier alpha value is -1.92. The summed E-state index contributed by atoms with van der Waals surface area (Å²) in [5.41, 5.74) is 8.53. The fraction of sp³-hybridized carbons (Fsp3) is 0.286. The number of nitrogens with one attached hydrogen (secondary N) is 1. The van der Waals surface area contributed by atoms with Crippen molar-refractivity contribution >= 4 is 17.2 Å². The average molecular weight is 290 g/mol. The van der Waals surface area contributed by atoms with Gasteiger partial charge in [-0.2, -0.15) is 0 Å². The van der Waals surface area contributed by atoms with Gasteiger partial charge in [0.1, 0.15) is 0 Å². The Morgan fingerprint density at radius 3 is 2.75 bits per heavy atom. The van der Waals surface area contributed by atoms with E-state index in [9.17, 15) is 0 Å². The standard InChI is InChI=1S/C14H18N4OS/c1-10-17-13(9-20-10)6-7-16-8-11-2-4-12(5-3-11)14(15)18-19/h2-5,9,16,19H,6-8H2,1H3,(H2,15,18). The Morgan fingerprint density at radius 1 is 1.40 bits per heavy atom. The minimum atomic E-state index is 0.128. The number of thiazole rings is 1. The van der Waals surface area contributed by atoms with Gasteiger partial charge >= 0.3 is 0 Å². The van der Waals surface area contributed by atoms with Gasteiger partial charge in [-0.05, 0) is 12.5 Å². The van der Waals surface area contributed by atoms with Crippen molar-refractivity contribution in [2.75, 3.05) is 6.54 Å². The lowest BCUT2D eigenvalue weighted by atomic mass is 10.1. The van der Waals surface area contributed by atoms with Crippen LogP contribution in [0.3, 0.4) is 0 Å². The summed E-state index contributed by atoms with van der Waals surface area (Å²) in [5, 5.41) is 18.1. The van der Waals surface area contributed by atoms with E-state index in [-0.39, 0.29) is 5.84 Å². The highest BCUT2D eigenvalue weighted by atomic mass is 32.1. The van der Waals surface area contributed by atoms with Gasteiger partial charge in [-0.3, -0.25) is 0 Å². The molecule has 0 amide bonds. The zero-order valence-electron chi connectivity index (χ0n) is 11.3. The lowest BCUT2D eigenvalue weighted by Gasteiger charge is -2.05. The van der Waals surface area contributed by atoms with Crippen LogP contribution in [-0.2, 0) is 13.0 Å². The minimum absolute atomic E-state index is 0.128. The predicted octanol–water partition coefficient (Wildman–Crippen LogP) is 1.88. The van der Waals surface area contributed by atoms with Crippen LogP contribution in [0.2, 0.25) is 0 Å². The Kier molecular flexibility index (Phi) is 5.09. The summed E-state index contributed by atoms with van der Waals surface area (Å²) in [4.78, 5) is 4.42. The fourth-order valence-electron chi connectivity index (χ4n) is 1.82. The van der Waals surface area contributed by atoms with E-state index in [0.29, 0.717) is 5.56 Å². The molecule has 1 heterocycles. The van der Waals surface area contributed by atoms with E-state index in [1.54, 1.807) is 11.3 Å². The number of benzene rings is 1. The third-order valence-electron chi connectivity index (χ3n) is 2.91. The largest absolute Gasteiger partial charge is 0.409 e. The fourth-order valence-corrected chi connectivity index (χ4v) is 2.47. The number of aromatic nitrogens is 1. The maximum atomic E-state index is 8.59.